The molecule has 0 aliphatic carbocycles. The molecule has 0 amide bonds. The molecule has 0 aromatic carbocycles. The van der Waals surface area contributed by atoms with E-state index in [0.29, 0.717) is 0 Å². The van der Waals surface area contributed by atoms with Gasteiger partial charge in [0.1, 0.15) is 5.41 Å². The molecule has 0 fully saturated rings. The zero-order valence-electron chi connectivity index (χ0n) is 8.38. The third-order valence-electron chi connectivity index (χ3n) is 2.42. The first kappa shape index (κ1) is 10.9. The van der Waals surface area contributed by atoms with Crippen LogP contribution in [0.3, 0.4) is 0 Å². The SMILES string of the molecule is N#CCC(C#N)(c1cccs1)c1cccs1. The third kappa shape index (κ3) is 1.63. The van der Waals surface area contributed by atoms with Crippen molar-refractivity contribution in [3.8, 4) is 12.1 Å². The van der Waals surface area contributed by atoms with E-state index in [9.17, 15) is 5.26 Å². The van der Waals surface area contributed by atoms with Crippen molar-refractivity contribution in [2.75, 3.05) is 0 Å². The molecule has 2 aromatic rings. The van der Waals surface area contributed by atoms with Gasteiger partial charge in [0.2, 0.25) is 0 Å². The number of nitriles is 2. The van der Waals surface area contributed by atoms with Gasteiger partial charge in [-0.3, -0.25) is 0 Å². The highest BCUT2D eigenvalue weighted by atomic mass is 32.1. The summed E-state index contributed by atoms with van der Waals surface area (Å²) in [7, 11) is 0. The Bertz CT molecular complexity index is 492. The maximum Gasteiger partial charge on any atom is 0.138 e. The smallest absolute Gasteiger partial charge is 0.138 e. The molecule has 2 aromatic heterocycles. The van der Waals surface area contributed by atoms with Crippen molar-refractivity contribution >= 4 is 22.7 Å². The van der Waals surface area contributed by atoms with E-state index in [0.717, 1.165) is 9.75 Å². The van der Waals surface area contributed by atoms with E-state index in [2.05, 4.69) is 12.1 Å². The molecule has 4 heteroatoms. The van der Waals surface area contributed by atoms with Crippen LogP contribution in [0.25, 0.3) is 0 Å². The van der Waals surface area contributed by atoms with E-state index in [4.69, 9.17) is 5.26 Å². The molecule has 0 N–H and O–H groups in total. The fourth-order valence-corrected chi connectivity index (χ4v) is 3.45. The molecule has 2 heterocycles. The van der Waals surface area contributed by atoms with E-state index >= 15 is 0 Å². The molecular weight excluding hydrogens is 236 g/mol. The molecular formula is C12H8N2S2. The lowest BCUT2D eigenvalue weighted by molar-refractivity contribution is 0.707. The average molecular weight is 244 g/mol. The van der Waals surface area contributed by atoms with Crippen LogP contribution in [0.4, 0.5) is 0 Å². The van der Waals surface area contributed by atoms with Crippen molar-refractivity contribution in [1.29, 1.82) is 10.5 Å². The van der Waals surface area contributed by atoms with Crippen LogP contribution in [0.2, 0.25) is 0 Å². The third-order valence-corrected chi connectivity index (χ3v) is 4.48. The number of rotatable bonds is 3. The van der Waals surface area contributed by atoms with E-state index in [1.807, 2.05) is 35.0 Å². The summed E-state index contributed by atoms with van der Waals surface area (Å²) in [5, 5.41) is 22.3. The molecule has 0 atom stereocenters. The Hall–Kier alpha value is -1.62. The second kappa shape index (κ2) is 4.49. The van der Waals surface area contributed by atoms with Crippen LogP contribution < -0.4 is 0 Å². The minimum Gasteiger partial charge on any atom is -0.198 e. The van der Waals surface area contributed by atoms with Crippen molar-refractivity contribution < 1.29 is 0 Å². The van der Waals surface area contributed by atoms with Crippen molar-refractivity contribution in [2.24, 2.45) is 0 Å². The summed E-state index contributed by atoms with van der Waals surface area (Å²) in [5.74, 6) is 0. The highest BCUT2D eigenvalue weighted by Crippen LogP contribution is 2.39. The summed E-state index contributed by atoms with van der Waals surface area (Å²) >= 11 is 3.05. The molecule has 0 saturated carbocycles. The first-order valence-electron chi connectivity index (χ1n) is 4.69. The Morgan fingerprint density at radius 3 is 1.94 bits per heavy atom. The summed E-state index contributed by atoms with van der Waals surface area (Å²) < 4.78 is 0. The van der Waals surface area contributed by atoms with Gasteiger partial charge < -0.3 is 0 Å². The van der Waals surface area contributed by atoms with Crippen LogP contribution in [0.5, 0.6) is 0 Å². The average Bonchev–Trinajstić information content (AvgIpc) is 2.98. The van der Waals surface area contributed by atoms with Crippen LogP contribution in [-0.2, 0) is 5.41 Å². The van der Waals surface area contributed by atoms with E-state index < -0.39 is 5.41 Å². The maximum absolute atomic E-state index is 9.46. The van der Waals surface area contributed by atoms with Gasteiger partial charge in [-0.25, -0.2) is 0 Å². The fraction of sp³-hybridized carbons (Fsp3) is 0.167. The van der Waals surface area contributed by atoms with Gasteiger partial charge in [0.15, 0.2) is 0 Å². The lowest BCUT2D eigenvalue weighted by Crippen LogP contribution is -2.22. The molecule has 0 saturated heterocycles. The molecule has 0 radical (unpaired) electrons. The number of hydrogen-bond acceptors (Lipinski definition) is 4. The number of hydrogen-bond donors (Lipinski definition) is 0. The first-order valence-corrected chi connectivity index (χ1v) is 6.45. The normalized spacial score (nSPS) is 10.6. The summed E-state index contributed by atoms with van der Waals surface area (Å²) in [6, 6.07) is 12.1. The zero-order valence-corrected chi connectivity index (χ0v) is 10.0. The minimum absolute atomic E-state index is 0.199. The predicted molar refractivity (Wildman–Crippen MR) is 65.3 cm³/mol. The molecule has 78 valence electrons. The van der Waals surface area contributed by atoms with Gasteiger partial charge in [0.05, 0.1) is 18.6 Å². The molecule has 2 rings (SSSR count). The summed E-state index contributed by atoms with van der Waals surface area (Å²) in [6.07, 6.45) is 0.199. The molecule has 16 heavy (non-hydrogen) atoms. The van der Waals surface area contributed by atoms with E-state index in [1.54, 1.807) is 0 Å². The van der Waals surface area contributed by atoms with Crippen molar-refractivity contribution in [2.45, 2.75) is 11.8 Å². The quantitative estimate of drug-likeness (QED) is 0.829. The zero-order chi connectivity index (χ0) is 11.4. The lowest BCUT2D eigenvalue weighted by atomic mass is 9.83. The van der Waals surface area contributed by atoms with Crippen molar-refractivity contribution in [1.82, 2.24) is 0 Å². The standard InChI is InChI=1S/C12H8N2S2/c13-6-5-12(9-14,10-3-1-7-15-10)11-4-2-8-16-11/h1-4,7-8H,5H2. The Labute approximate surface area is 102 Å². The summed E-state index contributed by atoms with van der Waals surface area (Å²) in [6.45, 7) is 0. The summed E-state index contributed by atoms with van der Waals surface area (Å²) in [4.78, 5) is 1.89. The Morgan fingerprint density at radius 2 is 1.62 bits per heavy atom. The second-order valence-electron chi connectivity index (χ2n) is 3.31. The van der Waals surface area contributed by atoms with Gasteiger partial charge in [0, 0.05) is 9.75 Å². The lowest BCUT2D eigenvalue weighted by Gasteiger charge is -2.20. The fourth-order valence-electron chi connectivity index (χ4n) is 1.61. The highest BCUT2D eigenvalue weighted by Gasteiger charge is 2.36. The molecule has 2 nitrogen and oxygen atoms in total. The van der Waals surface area contributed by atoms with Gasteiger partial charge in [-0.1, -0.05) is 12.1 Å². The van der Waals surface area contributed by atoms with Gasteiger partial charge in [-0.15, -0.1) is 22.7 Å². The largest absolute Gasteiger partial charge is 0.198 e. The van der Waals surface area contributed by atoms with Crippen LogP contribution in [0.15, 0.2) is 35.0 Å². The van der Waals surface area contributed by atoms with Gasteiger partial charge in [-0.05, 0) is 22.9 Å². The van der Waals surface area contributed by atoms with Crippen molar-refractivity contribution in [3.63, 3.8) is 0 Å². The van der Waals surface area contributed by atoms with Crippen molar-refractivity contribution in [3.05, 3.63) is 44.8 Å². The van der Waals surface area contributed by atoms with Crippen LogP contribution in [0, 0.1) is 22.7 Å². The molecule has 0 bridgehead atoms. The molecule has 0 spiro atoms. The number of nitrogens with zero attached hydrogens (tertiary/aromatic N) is 2. The van der Waals surface area contributed by atoms with Gasteiger partial charge in [0.25, 0.3) is 0 Å². The monoisotopic (exact) mass is 244 g/mol. The minimum atomic E-state index is -0.781. The highest BCUT2D eigenvalue weighted by molar-refractivity contribution is 7.11. The Kier molecular flexibility index (Phi) is 3.05. The molecule has 0 aliphatic rings. The van der Waals surface area contributed by atoms with Gasteiger partial charge >= 0.3 is 0 Å². The van der Waals surface area contributed by atoms with Crippen LogP contribution >= 0.6 is 22.7 Å². The Balaban J connectivity index is 2.58. The molecule has 0 unspecified atom stereocenters. The van der Waals surface area contributed by atoms with Crippen LogP contribution in [-0.4, -0.2) is 0 Å². The second-order valence-corrected chi connectivity index (χ2v) is 5.20. The predicted octanol–water partition coefficient (Wildman–Crippen LogP) is 3.53. The Morgan fingerprint density at radius 1 is 1.06 bits per heavy atom. The van der Waals surface area contributed by atoms with Crippen LogP contribution in [0.1, 0.15) is 16.2 Å². The topological polar surface area (TPSA) is 47.6 Å². The van der Waals surface area contributed by atoms with E-state index in [1.165, 1.54) is 22.7 Å². The van der Waals surface area contributed by atoms with Gasteiger partial charge in [-0.2, -0.15) is 10.5 Å². The number of thiophene rings is 2. The summed E-state index contributed by atoms with van der Waals surface area (Å²) in [5.41, 5.74) is -0.781. The first-order chi connectivity index (χ1) is 7.83. The maximum atomic E-state index is 9.46. The molecule has 0 aliphatic heterocycles. The van der Waals surface area contributed by atoms with E-state index in [-0.39, 0.29) is 6.42 Å².